The number of aromatic hydroxyl groups is 1. The number of fused-ring (bicyclic) bond motifs is 6. The SMILES string of the molecule is C=CC(=O)N1CC[C@H](C(=O)N(C)[C@H](C(=O)N[C@H]2Cc3cc(O)cc(c3)-c3ccc4c(c3)n(c(-c3cnccc3[C@H](CC)OC)[n+]4CC)CC(C)(C)COC(=O)[C@@H]3CCCN(N3)C2=O)C(C)C)C1. The number of hydrogen-bond acceptors (Lipinski definition) is 10. The van der Waals surface area contributed by atoms with Crippen LogP contribution in [-0.4, -0.2) is 118 Å². The second-order valence-corrected chi connectivity index (χ2v) is 19.3. The van der Waals surface area contributed by atoms with E-state index in [-0.39, 0.29) is 55.7 Å². The fourth-order valence-electron chi connectivity index (χ4n) is 10.1. The van der Waals surface area contributed by atoms with Crippen molar-refractivity contribution in [2.75, 3.05) is 40.4 Å². The highest BCUT2D eigenvalue weighted by Crippen LogP contribution is 2.36. The number of methoxy groups -OCH3 is 1. The first-order valence-corrected chi connectivity index (χ1v) is 23.6. The molecule has 0 aliphatic carbocycles. The summed E-state index contributed by atoms with van der Waals surface area (Å²) in [6.45, 7) is 17.6. The molecule has 16 nitrogen and oxygen atoms in total. The number of phenolic OH excluding ortho intramolecular Hbond substituents is 1. The van der Waals surface area contributed by atoms with Crippen LogP contribution in [0.5, 0.6) is 5.75 Å². The highest BCUT2D eigenvalue weighted by atomic mass is 16.5. The zero-order chi connectivity index (χ0) is 48.3. The van der Waals surface area contributed by atoms with Gasteiger partial charge in [0.15, 0.2) is 11.0 Å². The molecule has 3 aliphatic heterocycles. The van der Waals surface area contributed by atoms with Gasteiger partial charge in [-0.15, -0.1) is 0 Å². The summed E-state index contributed by atoms with van der Waals surface area (Å²) in [7, 11) is 3.29. The molecule has 0 spiro atoms. The number of carbonyl (C=O) groups is 5. The van der Waals surface area contributed by atoms with Gasteiger partial charge in [-0.25, -0.2) is 14.6 Å². The molecular formula is C51H67N8O8+. The lowest BCUT2D eigenvalue weighted by Crippen LogP contribution is -2.62. The number of esters is 1. The number of nitrogens with zero attached hydrogens (tertiary/aromatic N) is 6. The molecule has 16 heteroatoms. The Balaban J connectivity index is 1.31. The van der Waals surface area contributed by atoms with Crippen molar-refractivity contribution in [3.05, 3.63) is 78.6 Å². The Bertz CT molecular complexity index is 2530. The number of hydrogen-bond donors (Lipinski definition) is 3. The van der Waals surface area contributed by atoms with Crippen molar-refractivity contribution in [3.63, 3.8) is 0 Å². The molecule has 2 fully saturated rings. The Morgan fingerprint density at radius 3 is 2.58 bits per heavy atom. The van der Waals surface area contributed by atoms with Gasteiger partial charge >= 0.3 is 5.97 Å². The number of aryl methyl sites for hydroxylation is 1. The van der Waals surface area contributed by atoms with Crippen molar-refractivity contribution in [3.8, 4) is 28.3 Å². The number of benzene rings is 2. The number of cyclic esters (lactones) is 1. The summed E-state index contributed by atoms with van der Waals surface area (Å²) in [6, 6.07) is 10.4. The minimum atomic E-state index is -1.17. The topological polar surface area (TPSA) is 180 Å². The van der Waals surface area contributed by atoms with Crippen molar-refractivity contribution in [1.82, 2.24) is 35.1 Å². The van der Waals surface area contributed by atoms with Crippen LogP contribution in [0.4, 0.5) is 0 Å². The molecule has 4 amide bonds. The third-order valence-corrected chi connectivity index (χ3v) is 13.5. The van der Waals surface area contributed by atoms with Crippen LogP contribution in [0, 0.1) is 17.3 Å². The maximum atomic E-state index is 14.7. The number of phenols is 1. The molecule has 2 aromatic carbocycles. The van der Waals surface area contributed by atoms with Gasteiger partial charge in [0.25, 0.3) is 11.7 Å². The van der Waals surface area contributed by atoms with E-state index in [9.17, 15) is 29.1 Å². The van der Waals surface area contributed by atoms with Crippen molar-refractivity contribution < 1.29 is 43.1 Å². The van der Waals surface area contributed by atoms with Gasteiger partial charge in [-0.3, -0.25) is 34.0 Å². The Labute approximate surface area is 393 Å². The van der Waals surface area contributed by atoms with Crippen LogP contribution in [0.2, 0.25) is 0 Å². The molecular weight excluding hydrogens is 853 g/mol. The van der Waals surface area contributed by atoms with E-state index in [2.05, 4.69) is 71.3 Å². The van der Waals surface area contributed by atoms with Gasteiger partial charge in [0, 0.05) is 58.0 Å². The molecule has 2 saturated heterocycles. The maximum absolute atomic E-state index is 14.7. The molecule has 358 valence electrons. The molecule has 0 unspecified atom stereocenters. The van der Waals surface area contributed by atoms with Crippen LogP contribution < -0.4 is 15.3 Å². The van der Waals surface area contributed by atoms with E-state index in [0.29, 0.717) is 50.0 Å². The first-order valence-electron chi connectivity index (χ1n) is 23.6. The largest absolute Gasteiger partial charge is 0.508 e. The number of imidazole rings is 1. The fourth-order valence-corrected chi connectivity index (χ4v) is 10.1. The third-order valence-electron chi connectivity index (χ3n) is 13.5. The predicted molar refractivity (Wildman–Crippen MR) is 253 cm³/mol. The van der Waals surface area contributed by atoms with Gasteiger partial charge < -0.3 is 29.7 Å². The first kappa shape index (κ1) is 48.8. The van der Waals surface area contributed by atoms with E-state index in [1.165, 1.54) is 16.0 Å². The lowest BCUT2D eigenvalue weighted by Gasteiger charge is -2.37. The van der Waals surface area contributed by atoms with Crippen LogP contribution in [0.3, 0.4) is 0 Å². The third kappa shape index (κ3) is 10.2. The predicted octanol–water partition coefficient (Wildman–Crippen LogP) is 5.10. The number of nitrogens with one attached hydrogen (secondary N) is 2. The van der Waals surface area contributed by atoms with E-state index in [4.69, 9.17) is 9.47 Å². The summed E-state index contributed by atoms with van der Waals surface area (Å²) in [5, 5.41) is 15.7. The summed E-state index contributed by atoms with van der Waals surface area (Å²) in [5.74, 6) is -1.96. The molecule has 67 heavy (non-hydrogen) atoms. The number of rotatable bonds is 11. The van der Waals surface area contributed by atoms with Crippen molar-refractivity contribution >= 4 is 40.6 Å². The van der Waals surface area contributed by atoms with Gasteiger partial charge in [0.1, 0.15) is 30.5 Å². The Morgan fingerprint density at radius 1 is 1.10 bits per heavy atom. The van der Waals surface area contributed by atoms with Gasteiger partial charge in [-0.1, -0.05) is 47.3 Å². The van der Waals surface area contributed by atoms with Crippen molar-refractivity contribution in [2.45, 2.75) is 111 Å². The van der Waals surface area contributed by atoms with Crippen LogP contribution in [-0.2, 0) is 53.0 Å². The number of likely N-dealkylation sites (N-methyl/N-ethyl adjacent to an activating group) is 1. The highest BCUT2D eigenvalue weighted by molar-refractivity contribution is 5.94. The second kappa shape index (κ2) is 20.4. The minimum absolute atomic E-state index is 0.0162. The van der Waals surface area contributed by atoms with Crippen LogP contribution in [0.15, 0.2) is 67.5 Å². The van der Waals surface area contributed by atoms with E-state index < -0.39 is 47.2 Å². The van der Waals surface area contributed by atoms with E-state index in [1.54, 1.807) is 37.4 Å². The molecule has 7 rings (SSSR count). The fraction of sp³-hybridized carbons (Fsp3) is 0.510. The average molecular weight is 920 g/mol. The highest BCUT2D eigenvalue weighted by Gasteiger charge is 2.41. The Hall–Kier alpha value is -6.13. The number of pyridine rings is 1. The molecule has 0 saturated carbocycles. The second-order valence-electron chi connectivity index (χ2n) is 19.3. The quantitative estimate of drug-likeness (QED) is 0.104. The lowest BCUT2D eigenvalue weighted by atomic mass is 9.93. The Kier molecular flexibility index (Phi) is 14.9. The maximum Gasteiger partial charge on any atom is 0.324 e. The zero-order valence-corrected chi connectivity index (χ0v) is 40.2. The van der Waals surface area contributed by atoms with E-state index >= 15 is 0 Å². The van der Waals surface area contributed by atoms with Crippen LogP contribution in [0.1, 0.15) is 84.5 Å². The summed E-state index contributed by atoms with van der Waals surface area (Å²) in [5.41, 5.74) is 8.46. The number of hydrazine groups is 1. The monoisotopic (exact) mass is 920 g/mol. The van der Waals surface area contributed by atoms with E-state index in [0.717, 1.165) is 40.0 Å². The molecule has 2 aromatic heterocycles. The zero-order valence-electron chi connectivity index (χ0n) is 40.2. The van der Waals surface area contributed by atoms with Crippen LogP contribution in [0.25, 0.3) is 33.5 Å². The summed E-state index contributed by atoms with van der Waals surface area (Å²) < 4.78 is 16.6. The minimum Gasteiger partial charge on any atom is -0.508 e. The number of aromatic nitrogens is 3. The van der Waals surface area contributed by atoms with Gasteiger partial charge in [0.2, 0.25) is 17.7 Å². The number of likely N-dealkylation sites (tertiary alicyclic amines) is 1. The molecule has 4 aromatic rings. The van der Waals surface area contributed by atoms with Gasteiger partial charge in [0.05, 0.1) is 30.7 Å². The molecule has 3 aliphatic rings. The molecule has 0 radical (unpaired) electrons. The van der Waals surface area contributed by atoms with Crippen molar-refractivity contribution in [1.29, 1.82) is 0 Å². The summed E-state index contributed by atoms with van der Waals surface area (Å²) in [4.78, 5) is 77.0. The van der Waals surface area contributed by atoms with Gasteiger partial charge in [-0.05, 0) is 103 Å². The number of amides is 4. The normalized spacial score (nSPS) is 20.8. The summed E-state index contributed by atoms with van der Waals surface area (Å²) >= 11 is 0. The Morgan fingerprint density at radius 2 is 1.88 bits per heavy atom. The molecule has 6 bridgehead atoms. The van der Waals surface area contributed by atoms with Gasteiger partial charge in [-0.2, -0.15) is 0 Å². The van der Waals surface area contributed by atoms with Crippen molar-refractivity contribution in [2.24, 2.45) is 17.3 Å². The number of carbonyl (C=O) groups excluding carboxylic acids is 5. The molecule has 3 N–H and O–H groups in total. The number of ether oxygens (including phenoxy) is 2. The smallest absolute Gasteiger partial charge is 0.324 e. The standard InChI is InChI=1S/C51H66N8O8/c1-10-43(66-9)37-17-19-52-27-38(37)47-57(12-3)41-16-15-33-26-42(41)58(47)29-51(6,7)30-67-50(65)39-14-13-20-59(54-39)49(64)40(24-32-22-35(33)25-36(60)23-32)53-46(62)45(31(4)5)55(8)48(63)34-18-21-56(28-34)44(61)11-2/h11,15-17,19,22-23,25-27,31,34,39-40,43,45,54H,2,10,12-14,18,20-21,24,28-30H2,1,3-9H3,(H-,53,60,62)/p+1/t34-,39-,40-,43-,45-/m0/s1. The van der Waals surface area contributed by atoms with Crippen LogP contribution >= 0.6 is 0 Å². The summed E-state index contributed by atoms with van der Waals surface area (Å²) in [6.07, 6.45) is 6.85. The van der Waals surface area contributed by atoms with E-state index in [1.807, 2.05) is 38.2 Å². The first-order chi connectivity index (χ1) is 32.0. The lowest BCUT2D eigenvalue weighted by molar-refractivity contribution is -0.657. The molecule has 5 atom stereocenters. The molecule has 5 heterocycles. The average Bonchev–Trinajstić information content (AvgIpc) is 3.93.